The number of benzene rings is 1. The maximum Gasteiger partial charge on any atom is 0.254 e. The van der Waals surface area contributed by atoms with E-state index >= 15 is 0 Å². The van der Waals surface area contributed by atoms with Gasteiger partial charge in [-0.25, -0.2) is 0 Å². The van der Waals surface area contributed by atoms with Gasteiger partial charge in [-0.05, 0) is 44.0 Å². The van der Waals surface area contributed by atoms with Gasteiger partial charge < -0.3 is 15.0 Å². The lowest BCUT2D eigenvalue weighted by Gasteiger charge is -2.31. The van der Waals surface area contributed by atoms with Gasteiger partial charge in [-0.15, -0.1) is 0 Å². The van der Waals surface area contributed by atoms with Crippen LogP contribution in [0.25, 0.3) is 0 Å². The molecule has 1 heterocycles. The predicted molar refractivity (Wildman–Crippen MR) is 90.5 cm³/mol. The van der Waals surface area contributed by atoms with Gasteiger partial charge in [0.05, 0.1) is 12.7 Å². The number of nitrogens with zero attached hydrogens (tertiary/aromatic N) is 1. The van der Waals surface area contributed by atoms with E-state index in [0.717, 1.165) is 18.5 Å². The highest BCUT2D eigenvalue weighted by atomic mass is 16.5. The molecule has 0 bridgehead atoms. The van der Waals surface area contributed by atoms with Crippen molar-refractivity contribution in [3.8, 4) is 0 Å². The van der Waals surface area contributed by atoms with E-state index in [4.69, 9.17) is 4.74 Å². The summed E-state index contributed by atoms with van der Waals surface area (Å²) in [7, 11) is 0. The molecule has 1 aliphatic rings. The van der Waals surface area contributed by atoms with Gasteiger partial charge in [-0.1, -0.05) is 13.8 Å². The molecule has 1 N–H and O–H groups in total. The van der Waals surface area contributed by atoms with Crippen LogP contribution in [-0.2, 0) is 9.53 Å². The van der Waals surface area contributed by atoms with Crippen LogP contribution in [-0.4, -0.2) is 42.5 Å². The molecule has 23 heavy (non-hydrogen) atoms. The molecule has 1 atom stereocenters. The van der Waals surface area contributed by atoms with Gasteiger partial charge in [0, 0.05) is 30.3 Å². The second kappa shape index (κ2) is 8.11. The molecule has 1 unspecified atom stereocenters. The average Bonchev–Trinajstić information content (AvgIpc) is 2.56. The molecule has 1 aliphatic heterocycles. The Balaban J connectivity index is 1.98. The van der Waals surface area contributed by atoms with Crippen LogP contribution in [0.2, 0.25) is 0 Å². The summed E-state index contributed by atoms with van der Waals surface area (Å²) in [6, 6.07) is 7.12. The van der Waals surface area contributed by atoms with Crippen molar-refractivity contribution >= 4 is 17.5 Å². The molecular formula is C18H26N2O3. The summed E-state index contributed by atoms with van der Waals surface area (Å²) < 4.78 is 5.46. The van der Waals surface area contributed by atoms with E-state index in [0.29, 0.717) is 25.3 Å². The third kappa shape index (κ3) is 4.55. The van der Waals surface area contributed by atoms with Crippen LogP contribution in [0.4, 0.5) is 5.69 Å². The minimum absolute atomic E-state index is 0.0121. The predicted octanol–water partition coefficient (Wildman–Crippen LogP) is 2.92. The fraction of sp³-hybridized carbons (Fsp3) is 0.556. The van der Waals surface area contributed by atoms with Gasteiger partial charge in [0.1, 0.15) is 0 Å². The topological polar surface area (TPSA) is 58.6 Å². The Morgan fingerprint density at radius 3 is 2.48 bits per heavy atom. The Labute approximate surface area is 138 Å². The summed E-state index contributed by atoms with van der Waals surface area (Å²) in [5.41, 5.74) is 1.37. The Kier molecular flexibility index (Phi) is 6.16. The first-order valence-corrected chi connectivity index (χ1v) is 8.37. The summed E-state index contributed by atoms with van der Waals surface area (Å²) >= 11 is 0. The van der Waals surface area contributed by atoms with Gasteiger partial charge in [0.25, 0.3) is 5.91 Å². The summed E-state index contributed by atoms with van der Waals surface area (Å²) in [6.07, 6.45) is 1.73. The lowest BCUT2D eigenvalue weighted by atomic mass is 10.0. The summed E-state index contributed by atoms with van der Waals surface area (Å²) in [5.74, 6) is 0.0836. The zero-order valence-electron chi connectivity index (χ0n) is 14.2. The smallest absolute Gasteiger partial charge is 0.254 e. The molecule has 0 saturated carbocycles. The molecule has 0 radical (unpaired) electrons. The van der Waals surface area contributed by atoms with E-state index in [1.807, 2.05) is 25.7 Å². The third-order valence-corrected chi connectivity index (χ3v) is 4.28. The van der Waals surface area contributed by atoms with Crippen molar-refractivity contribution in [2.75, 3.05) is 25.0 Å². The van der Waals surface area contributed by atoms with E-state index < -0.39 is 0 Å². The van der Waals surface area contributed by atoms with E-state index in [2.05, 4.69) is 5.32 Å². The molecule has 1 fully saturated rings. The largest absolute Gasteiger partial charge is 0.375 e. The minimum Gasteiger partial charge on any atom is -0.375 e. The SMILES string of the molecule is CCC(CC)C(=O)Nc1ccc(C(=O)N2CCOC(C)C2)cc1. The first-order chi connectivity index (χ1) is 11.0. The summed E-state index contributed by atoms with van der Waals surface area (Å²) in [5, 5.41) is 2.91. The number of carbonyl (C=O) groups excluding carboxylic acids is 2. The zero-order chi connectivity index (χ0) is 16.8. The standard InChI is InChI=1S/C18H26N2O3/c1-4-14(5-2)17(21)19-16-8-6-15(7-9-16)18(22)20-10-11-23-13(3)12-20/h6-9,13-14H,4-5,10-12H2,1-3H3,(H,19,21). The third-order valence-electron chi connectivity index (χ3n) is 4.28. The van der Waals surface area contributed by atoms with E-state index in [1.54, 1.807) is 24.3 Å². The molecule has 5 heteroatoms. The molecule has 0 spiro atoms. The number of hydrogen-bond donors (Lipinski definition) is 1. The number of carbonyl (C=O) groups is 2. The number of amides is 2. The maximum atomic E-state index is 12.5. The molecule has 2 rings (SSSR count). The second-order valence-corrected chi connectivity index (χ2v) is 6.01. The maximum absolute atomic E-state index is 12.5. The highest BCUT2D eigenvalue weighted by Crippen LogP contribution is 2.16. The van der Waals surface area contributed by atoms with Crippen molar-refractivity contribution in [3.63, 3.8) is 0 Å². The Morgan fingerprint density at radius 1 is 1.26 bits per heavy atom. The molecule has 2 amide bonds. The van der Waals surface area contributed by atoms with Crippen LogP contribution >= 0.6 is 0 Å². The van der Waals surface area contributed by atoms with Gasteiger partial charge in [-0.2, -0.15) is 0 Å². The van der Waals surface area contributed by atoms with Crippen LogP contribution in [0.1, 0.15) is 44.0 Å². The number of rotatable bonds is 5. The first-order valence-electron chi connectivity index (χ1n) is 8.37. The van der Waals surface area contributed by atoms with Crippen LogP contribution in [0, 0.1) is 5.92 Å². The normalized spacial score (nSPS) is 18.1. The number of ether oxygens (including phenoxy) is 1. The number of morpholine rings is 1. The molecular weight excluding hydrogens is 292 g/mol. The van der Waals surface area contributed by atoms with Gasteiger partial charge in [-0.3, -0.25) is 9.59 Å². The van der Waals surface area contributed by atoms with Crippen LogP contribution in [0.15, 0.2) is 24.3 Å². The van der Waals surface area contributed by atoms with Crippen molar-refractivity contribution < 1.29 is 14.3 Å². The van der Waals surface area contributed by atoms with Crippen molar-refractivity contribution in [2.45, 2.75) is 39.7 Å². The van der Waals surface area contributed by atoms with Crippen molar-refractivity contribution in [1.82, 2.24) is 4.90 Å². The van der Waals surface area contributed by atoms with Gasteiger partial charge in [0.15, 0.2) is 0 Å². The fourth-order valence-electron chi connectivity index (χ4n) is 2.79. The molecule has 0 aliphatic carbocycles. The second-order valence-electron chi connectivity index (χ2n) is 6.01. The van der Waals surface area contributed by atoms with Crippen molar-refractivity contribution in [1.29, 1.82) is 0 Å². The molecule has 0 aromatic heterocycles. The molecule has 5 nitrogen and oxygen atoms in total. The first kappa shape index (κ1) is 17.5. The number of nitrogens with one attached hydrogen (secondary N) is 1. The molecule has 1 saturated heterocycles. The quantitative estimate of drug-likeness (QED) is 0.908. The Morgan fingerprint density at radius 2 is 1.91 bits per heavy atom. The summed E-state index contributed by atoms with van der Waals surface area (Å²) in [6.45, 7) is 7.81. The number of hydrogen-bond acceptors (Lipinski definition) is 3. The lowest BCUT2D eigenvalue weighted by Crippen LogP contribution is -2.44. The zero-order valence-corrected chi connectivity index (χ0v) is 14.2. The average molecular weight is 318 g/mol. The van der Waals surface area contributed by atoms with Crippen LogP contribution in [0.5, 0.6) is 0 Å². The highest BCUT2D eigenvalue weighted by Gasteiger charge is 2.22. The molecule has 126 valence electrons. The van der Waals surface area contributed by atoms with E-state index in [9.17, 15) is 9.59 Å². The Hall–Kier alpha value is -1.88. The van der Waals surface area contributed by atoms with Gasteiger partial charge in [0.2, 0.25) is 5.91 Å². The van der Waals surface area contributed by atoms with E-state index in [1.165, 1.54) is 0 Å². The fourth-order valence-corrected chi connectivity index (χ4v) is 2.79. The monoisotopic (exact) mass is 318 g/mol. The van der Waals surface area contributed by atoms with E-state index in [-0.39, 0.29) is 23.8 Å². The highest BCUT2D eigenvalue weighted by molar-refractivity contribution is 5.96. The Bertz CT molecular complexity index is 538. The summed E-state index contributed by atoms with van der Waals surface area (Å²) in [4.78, 5) is 26.4. The molecule has 1 aromatic rings. The lowest BCUT2D eigenvalue weighted by molar-refractivity contribution is -0.120. The van der Waals surface area contributed by atoms with Gasteiger partial charge >= 0.3 is 0 Å². The van der Waals surface area contributed by atoms with Crippen molar-refractivity contribution in [3.05, 3.63) is 29.8 Å². The number of anilines is 1. The van der Waals surface area contributed by atoms with Crippen molar-refractivity contribution in [2.24, 2.45) is 5.92 Å². The van der Waals surface area contributed by atoms with Crippen LogP contribution in [0.3, 0.4) is 0 Å². The minimum atomic E-state index is 0.0121. The molecule has 1 aromatic carbocycles. The van der Waals surface area contributed by atoms with Crippen LogP contribution < -0.4 is 5.32 Å².